The minimum atomic E-state index is 0.772. The Balaban J connectivity index is 1.50. The quantitative estimate of drug-likeness (QED) is 0.496. The Bertz CT molecular complexity index is 582. The first kappa shape index (κ1) is 18.7. The van der Waals surface area contributed by atoms with E-state index in [0.29, 0.717) is 0 Å². The summed E-state index contributed by atoms with van der Waals surface area (Å²) < 4.78 is 12.6. The molecule has 0 saturated carbocycles. The van der Waals surface area contributed by atoms with E-state index >= 15 is 0 Å². The molecule has 0 unspecified atom stereocenters. The average molecular weight is 392 g/mol. The van der Waals surface area contributed by atoms with Gasteiger partial charge in [0, 0.05) is 24.3 Å². The Kier molecular flexibility index (Phi) is 7.96. The highest BCUT2D eigenvalue weighted by molar-refractivity contribution is 9.10. The largest absolute Gasteiger partial charge is 0.494 e. The summed E-state index contributed by atoms with van der Waals surface area (Å²) in [5.74, 6) is 1.88. The number of benzene rings is 2. The van der Waals surface area contributed by atoms with Gasteiger partial charge in [0.05, 0.1) is 13.2 Å². The lowest BCUT2D eigenvalue weighted by Gasteiger charge is -2.13. The Labute approximate surface area is 153 Å². The molecule has 3 nitrogen and oxygen atoms in total. The summed E-state index contributed by atoms with van der Waals surface area (Å²) >= 11 is 3.42. The van der Waals surface area contributed by atoms with Crippen molar-refractivity contribution in [2.75, 3.05) is 32.2 Å². The number of unbranched alkanes of at least 4 members (excludes halogenated alkanes) is 3. The topological polar surface area (TPSA) is 21.7 Å². The van der Waals surface area contributed by atoms with Crippen LogP contribution in [0.5, 0.6) is 11.5 Å². The first-order valence-corrected chi connectivity index (χ1v) is 9.23. The minimum Gasteiger partial charge on any atom is -0.494 e. The zero-order valence-corrected chi connectivity index (χ0v) is 16.1. The van der Waals surface area contributed by atoms with Gasteiger partial charge in [-0.15, -0.1) is 0 Å². The van der Waals surface area contributed by atoms with Crippen LogP contribution in [0.2, 0.25) is 0 Å². The standard InChI is InChI=1S/C20H26BrNO2/c1-22(2)18-9-13-20(14-10-18)24-16-6-4-3-5-15-23-19-11-7-17(21)8-12-19/h7-14H,3-6,15-16H2,1-2H3. The summed E-state index contributed by atoms with van der Waals surface area (Å²) in [6.45, 7) is 1.55. The van der Waals surface area contributed by atoms with Gasteiger partial charge in [-0.3, -0.25) is 0 Å². The molecule has 0 bridgehead atoms. The van der Waals surface area contributed by atoms with Crippen LogP contribution in [0.3, 0.4) is 0 Å². The van der Waals surface area contributed by atoms with Crippen molar-refractivity contribution in [1.82, 2.24) is 0 Å². The van der Waals surface area contributed by atoms with E-state index in [2.05, 4.69) is 33.0 Å². The van der Waals surface area contributed by atoms with Crippen molar-refractivity contribution < 1.29 is 9.47 Å². The molecule has 0 aliphatic heterocycles. The number of ether oxygens (including phenoxy) is 2. The van der Waals surface area contributed by atoms with E-state index in [9.17, 15) is 0 Å². The Morgan fingerprint density at radius 2 is 1.17 bits per heavy atom. The summed E-state index contributed by atoms with van der Waals surface area (Å²) in [6, 6.07) is 16.2. The van der Waals surface area contributed by atoms with E-state index in [1.54, 1.807) is 0 Å². The third kappa shape index (κ3) is 6.83. The number of anilines is 1. The van der Waals surface area contributed by atoms with E-state index in [4.69, 9.17) is 9.47 Å². The first-order valence-electron chi connectivity index (χ1n) is 8.44. The van der Waals surface area contributed by atoms with E-state index in [1.165, 1.54) is 18.5 Å². The molecule has 0 fully saturated rings. The Hall–Kier alpha value is -1.68. The SMILES string of the molecule is CN(C)c1ccc(OCCCCCCOc2ccc(Br)cc2)cc1. The summed E-state index contributed by atoms with van der Waals surface area (Å²) in [4.78, 5) is 2.08. The third-order valence-electron chi connectivity index (χ3n) is 3.74. The van der Waals surface area contributed by atoms with Crippen molar-refractivity contribution >= 4 is 21.6 Å². The van der Waals surface area contributed by atoms with Crippen LogP contribution < -0.4 is 14.4 Å². The van der Waals surface area contributed by atoms with Crippen LogP contribution >= 0.6 is 15.9 Å². The summed E-state index contributed by atoms with van der Waals surface area (Å²) in [5, 5.41) is 0. The second-order valence-corrected chi connectivity index (χ2v) is 6.87. The number of rotatable bonds is 10. The fourth-order valence-corrected chi connectivity index (χ4v) is 2.57. The van der Waals surface area contributed by atoms with Crippen LogP contribution in [-0.4, -0.2) is 27.3 Å². The molecule has 0 saturated heterocycles. The lowest BCUT2D eigenvalue weighted by molar-refractivity contribution is 0.287. The molecule has 4 heteroatoms. The predicted octanol–water partition coefficient (Wildman–Crippen LogP) is 5.53. The molecule has 0 amide bonds. The van der Waals surface area contributed by atoms with Gasteiger partial charge >= 0.3 is 0 Å². The molecule has 24 heavy (non-hydrogen) atoms. The molecule has 0 atom stereocenters. The number of halogens is 1. The van der Waals surface area contributed by atoms with Crippen molar-refractivity contribution in [3.63, 3.8) is 0 Å². The zero-order valence-electron chi connectivity index (χ0n) is 14.5. The molecule has 0 heterocycles. The molecule has 2 aromatic rings. The van der Waals surface area contributed by atoms with Gasteiger partial charge in [0.1, 0.15) is 11.5 Å². The van der Waals surface area contributed by atoms with Gasteiger partial charge < -0.3 is 14.4 Å². The van der Waals surface area contributed by atoms with E-state index < -0.39 is 0 Å². The molecule has 0 aliphatic carbocycles. The monoisotopic (exact) mass is 391 g/mol. The van der Waals surface area contributed by atoms with Crippen molar-refractivity contribution in [2.45, 2.75) is 25.7 Å². The molecule has 2 aromatic carbocycles. The van der Waals surface area contributed by atoms with Gasteiger partial charge in [-0.2, -0.15) is 0 Å². The average Bonchev–Trinajstić information content (AvgIpc) is 2.59. The summed E-state index contributed by atoms with van der Waals surface area (Å²) in [7, 11) is 4.08. The zero-order chi connectivity index (χ0) is 17.2. The van der Waals surface area contributed by atoms with E-state index in [-0.39, 0.29) is 0 Å². The third-order valence-corrected chi connectivity index (χ3v) is 4.27. The highest BCUT2D eigenvalue weighted by Crippen LogP contribution is 2.18. The smallest absolute Gasteiger partial charge is 0.119 e. The van der Waals surface area contributed by atoms with Gasteiger partial charge in [0.2, 0.25) is 0 Å². The Morgan fingerprint density at radius 1 is 0.708 bits per heavy atom. The predicted molar refractivity (Wildman–Crippen MR) is 104 cm³/mol. The molecule has 2 rings (SSSR count). The fraction of sp³-hybridized carbons (Fsp3) is 0.400. The van der Waals surface area contributed by atoms with Crippen LogP contribution in [0.15, 0.2) is 53.0 Å². The highest BCUT2D eigenvalue weighted by Gasteiger charge is 1.98. The lowest BCUT2D eigenvalue weighted by Crippen LogP contribution is -2.08. The Morgan fingerprint density at radius 3 is 1.62 bits per heavy atom. The van der Waals surface area contributed by atoms with Gasteiger partial charge in [-0.1, -0.05) is 15.9 Å². The summed E-state index contributed by atoms with van der Waals surface area (Å²) in [6.07, 6.45) is 4.49. The minimum absolute atomic E-state index is 0.772. The summed E-state index contributed by atoms with van der Waals surface area (Å²) in [5.41, 5.74) is 1.19. The van der Waals surface area contributed by atoms with Crippen molar-refractivity contribution in [1.29, 1.82) is 0 Å². The molecular formula is C20H26BrNO2. The highest BCUT2D eigenvalue weighted by atomic mass is 79.9. The number of nitrogens with zero attached hydrogens (tertiary/aromatic N) is 1. The number of hydrogen-bond acceptors (Lipinski definition) is 3. The first-order chi connectivity index (χ1) is 11.6. The molecule has 0 aliphatic rings. The lowest BCUT2D eigenvalue weighted by atomic mass is 10.2. The van der Waals surface area contributed by atoms with Crippen LogP contribution in [0, 0.1) is 0 Å². The van der Waals surface area contributed by atoms with Crippen molar-refractivity contribution in [2.24, 2.45) is 0 Å². The van der Waals surface area contributed by atoms with Crippen LogP contribution in [0.1, 0.15) is 25.7 Å². The molecule has 0 radical (unpaired) electrons. The molecule has 0 spiro atoms. The normalized spacial score (nSPS) is 10.5. The maximum absolute atomic E-state index is 5.77. The maximum Gasteiger partial charge on any atom is 0.119 e. The van der Waals surface area contributed by atoms with Crippen molar-refractivity contribution in [3.05, 3.63) is 53.0 Å². The van der Waals surface area contributed by atoms with Crippen LogP contribution in [-0.2, 0) is 0 Å². The van der Waals surface area contributed by atoms with Crippen LogP contribution in [0.25, 0.3) is 0 Å². The van der Waals surface area contributed by atoms with E-state index in [1.807, 2.05) is 50.5 Å². The second kappa shape index (κ2) is 10.2. The van der Waals surface area contributed by atoms with Gasteiger partial charge in [0.25, 0.3) is 0 Å². The molecule has 130 valence electrons. The molecule has 0 aromatic heterocycles. The fourth-order valence-electron chi connectivity index (χ4n) is 2.31. The molecular weight excluding hydrogens is 366 g/mol. The van der Waals surface area contributed by atoms with Crippen molar-refractivity contribution in [3.8, 4) is 11.5 Å². The van der Waals surface area contributed by atoms with Crippen LogP contribution in [0.4, 0.5) is 5.69 Å². The van der Waals surface area contributed by atoms with Gasteiger partial charge in [0.15, 0.2) is 0 Å². The molecule has 0 N–H and O–H groups in total. The second-order valence-electron chi connectivity index (χ2n) is 5.95. The maximum atomic E-state index is 5.77. The van der Waals surface area contributed by atoms with Gasteiger partial charge in [-0.05, 0) is 74.2 Å². The van der Waals surface area contributed by atoms with E-state index in [0.717, 1.165) is 42.0 Å². The number of hydrogen-bond donors (Lipinski definition) is 0. The van der Waals surface area contributed by atoms with Gasteiger partial charge in [-0.25, -0.2) is 0 Å².